The molecule has 1 aliphatic rings. The molecule has 0 saturated carbocycles. The second-order valence-corrected chi connectivity index (χ2v) is 6.92. The van der Waals surface area contributed by atoms with Crippen molar-refractivity contribution in [3.05, 3.63) is 66.2 Å². The summed E-state index contributed by atoms with van der Waals surface area (Å²) < 4.78 is 12.7. The van der Waals surface area contributed by atoms with Gasteiger partial charge in [0.05, 0.1) is 17.6 Å². The summed E-state index contributed by atoms with van der Waals surface area (Å²) in [4.78, 5) is 22.3. The maximum atomic E-state index is 12.8. The van der Waals surface area contributed by atoms with Crippen LogP contribution in [0.3, 0.4) is 0 Å². The summed E-state index contributed by atoms with van der Waals surface area (Å²) in [5, 5.41) is 2.79. The lowest BCUT2D eigenvalue weighted by Crippen LogP contribution is -2.24. The van der Waals surface area contributed by atoms with Crippen molar-refractivity contribution in [1.82, 2.24) is 19.9 Å². The van der Waals surface area contributed by atoms with Crippen molar-refractivity contribution in [2.75, 3.05) is 19.1 Å². The third kappa shape index (κ3) is 2.89. The number of nitrogen functional groups attached to an aromatic ring is 1. The van der Waals surface area contributed by atoms with Gasteiger partial charge in [-0.2, -0.15) is 0 Å². The highest BCUT2D eigenvalue weighted by molar-refractivity contribution is 6.10. The Hall–Kier alpha value is -4.07. The Morgan fingerprint density at radius 2 is 1.93 bits per heavy atom. The molecule has 30 heavy (non-hydrogen) atoms. The number of ether oxygens (including phenoxy) is 2. The van der Waals surface area contributed by atoms with Crippen LogP contribution >= 0.6 is 0 Å². The fourth-order valence-corrected chi connectivity index (χ4v) is 3.58. The summed E-state index contributed by atoms with van der Waals surface area (Å²) in [5.74, 6) is 1.38. The van der Waals surface area contributed by atoms with Gasteiger partial charge in [0.2, 0.25) is 6.79 Å². The molecule has 0 atom stereocenters. The van der Waals surface area contributed by atoms with Gasteiger partial charge in [-0.05, 0) is 29.8 Å². The van der Waals surface area contributed by atoms with Crippen molar-refractivity contribution >= 4 is 33.9 Å². The van der Waals surface area contributed by atoms with Crippen molar-refractivity contribution in [1.29, 1.82) is 0 Å². The lowest BCUT2D eigenvalue weighted by molar-refractivity contribution is 0.0960. The Labute approximate surface area is 171 Å². The first-order valence-corrected chi connectivity index (χ1v) is 9.48. The number of rotatable bonds is 5. The first-order chi connectivity index (χ1) is 14.7. The van der Waals surface area contributed by atoms with Crippen LogP contribution in [0.4, 0.5) is 5.82 Å². The van der Waals surface area contributed by atoms with E-state index in [1.807, 2.05) is 42.5 Å². The summed E-state index contributed by atoms with van der Waals surface area (Å²) in [7, 11) is 0. The van der Waals surface area contributed by atoms with Crippen molar-refractivity contribution in [2.45, 2.75) is 6.54 Å². The molecule has 150 valence electrons. The molecule has 2 aromatic heterocycles. The van der Waals surface area contributed by atoms with E-state index < -0.39 is 0 Å². The fraction of sp³-hybridized carbons (Fsp3) is 0.136. The van der Waals surface area contributed by atoms with Crippen molar-refractivity contribution < 1.29 is 14.3 Å². The van der Waals surface area contributed by atoms with Crippen molar-refractivity contribution in [3.8, 4) is 11.5 Å². The number of carbonyl (C=O) groups excluding carboxylic acids is 1. The minimum atomic E-state index is -0.314. The SMILES string of the molecule is C=CCNC(=O)c1c(N)n(Cc2ccc3c(c2)OCO3)c2nc3ccccc3nc12. The van der Waals surface area contributed by atoms with Crippen LogP contribution in [0.25, 0.3) is 22.2 Å². The number of anilines is 1. The monoisotopic (exact) mass is 401 g/mol. The zero-order valence-corrected chi connectivity index (χ0v) is 16.1. The molecule has 0 fully saturated rings. The zero-order valence-electron chi connectivity index (χ0n) is 16.1. The number of carbonyl (C=O) groups is 1. The molecule has 3 N–H and O–H groups in total. The average Bonchev–Trinajstić information content (AvgIpc) is 3.33. The van der Waals surface area contributed by atoms with E-state index >= 15 is 0 Å². The maximum absolute atomic E-state index is 12.8. The van der Waals surface area contributed by atoms with Gasteiger partial charge in [-0.1, -0.05) is 24.3 Å². The van der Waals surface area contributed by atoms with Gasteiger partial charge in [-0.25, -0.2) is 9.97 Å². The first-order valence-electron chi connectivity index (χ1n) is 9.48. The normalized spacial score (nSPS) is 12.4. The third-order valence-electron chi connectivity index (χ3n) is 5.00. The van der Waals surface area contributed by atoms with E-state index in [9.17, 15) is 4.79 Å². The Kier molecular flexibility index (Phi) is 4.24. The van der Waals surface area contributed by atoms with E-state index in [1.165, 1.54) is 0 Å². The molecule has 0 unspecified atom stereocenters. The largest absolute Gasteiger partial charge is 0.454 e. The van der Waals surface area contributed by atoms with Crippen LogP contribution in [0.1, 0.15) is 15.9 Å². The van der Waals surface area contributed by atoms with E-state index in [-0.39, 0.29) is 12.7 Å². The molecule has 1 aliphatic heterocycles. The second kappa shape index (κ2) is 7.07. The quantitative estimate of drug-likeness (QED) is 0.499. The molecule has 2 aromatic carbocycles. The number of benzene rings is 2. The predicted molar refractivity (Wildman–Crippen MR) is 114 cm³/mol. The molecular weight excluding hydrogens is 382 g/mol. The Morgan fingerprint density at radius 1 is 1.17 bits per heavy atom. The van der Waals surface area contributed by atoms with Gasteiger partial charge in [-0.15, -0.1) is 6.58 Å². The van der Waals surface area contributed by atoms with Gasteiger partial charge in [-0.3, -0.25) is 4.79 Å². The number of aromatic nitrogens is 3. The number of nitrogens with two attached hydrogens (primary N) is 1. The smallest absolute Gasteiger partial charge is 0.257 e. The molecule has 0 bridgehead atoms. The standard InChI is InChI=1S/C22H19N5O3/c1-2-9-24-22(28)18-19-21(26-15-6-4-3-5-14(15)25-19)27(20(18)23)11-13-7-8-16-17(10-13)30-12-29-16/h2-8,10H,1,9,11-12,23H2,(H,24,28). The molecule has 1 amide bonds. The number of para-hydroxylation sites is 2. The number of amides is 1. The summed E-state index contributed by atoms with van der Waals surface area (Å²) in [6.45, 7) is 4.58. The molecule has 0 radical (unpaired) electrons. The number of nitrogens with one attached hydrogen (secondary N) is 1. The summed E-state index contributed by atoms with van der Waals surface area (Å²) in [6, 6.07) is 13.2. The number of nitrogens with zero attached hydrogens (tertiary/aromatic N) is 3. The van der Waals surface area contributed by atoms with E-state index in [0.717, 1.165) is 11.1 Å². The number of hydrogen-bond donors (Lipinski definition) is 2. The van der Waals surface area contributed by atoms with Crippen LogP contribution in [0.2, 0.25) is 0 Å². The van der Waals surface area contributed by atoms with Gasteiger partial charge < -0.3 is 25.1 Å². The summed E-state index contributed by atoms with van der Waals surface area (Å²) in [6.07, 6.45) is 1.61. The molecule has 4 aromatic rings. The van der Waals surface area contributed by atoms with E-state index in [0.29, 0.717) is 52.7 Å². The van der Waals surface area contributed by atoms with Crippen LogP contribution in [0.5, 0.6) is 11.5 Å². The number of hydrogen-bond acceptors (Lipinski definition) is 6. The van der Waals surface area contributed by atoms with Gasteiger partial charge >= 0.3 is 0 Å². The van der Waals surface area contributed by atoms with E-state index in [1.54, 1.807) is 10.6 Å². The lowest BCUT2D eigenvalue weighted by atomic mass is 10.2. The molecular formula is C22H19N5O3. The zero-order chi connectivity index (χ0) is 20.7. The van der Waals surface area contributed by atoms with Gasteiger partial charge in [0.25, 0.3) is 5.91 Å². The molecule has 8 nitrogen and oxygen atoms in total. The fourth-order valence-electron chi connectivity index (χ4n) is 3.58. The molecule has 8 heteroatoms. The van der Waals surface area contributed by atoms with Gasteiger partial charge in [0.15, 0.2) is 17.1 Å². The highest BCUT2D eigenvalue weighted by Gasteiger charge is 2.24. The van der Waals surface area contributed by atoms with Crippen LogP contribution in [-0.2, 0) is 6.54 Å². The average molecular weight is 401 g/mol. The second-order valence-electron chi connectivity index (χ2n) is 6.92. The van der Waals surface area contributed by atoms with Crippen LogP contribution in [0.15, 0.2) is 55.1 Å². The summed E-state index contributed by atoms with van der Waals surface area (Å²) in [5.41, 5.74) is 10.1. The minimum absolute atomic E-state index is 0.207. The van der Waals surface area contributed by atoms with Crippen LogP contribution in [-0.4, -0.2) is 33.8 Å². The van der Waals surface area contributed by atoms with Gasteiger partial charge in [0, 0.05) is 6.54 Å². The van der Waals surface area contributed by atoms with Gasteiger partial charge in [0.1, 0.15) is 16.9 Å². The first kappa shape index (κ1) is 18.0. The van der Waals surface area contributed by atoms with Crippen molar-refractivity contribution in [3.63, 3.8) is 0 Å². The molecule has 5 rings (SSSR count). The number of fused-ring (bicyclic) bond motifs is 3. The van der Waals surface area contributed by atoms with Crippen LogP contribution < -0.4 is 20.5 Å². The lowest BCUT2D eigenvalue weighted by Gasteiger charge is -2.09. The minimum Gasteiger partial charge on any atom is -0.454 e. The predicted octanol–water partition coefficient (Wildman–Crippen LogP) is 2.86. The molecule has 3 heterocycles. The highest BCUT2D eigenvalue weighted by Crippen LogP contribution is 2.34. The highest BCUT2D eigenvalue weighted by atomic mass is 16.7. The Bertz CT molecular complexity index is 1310. The Balaban J connectivity index is 1.68. The van der Waals surface area contributed by atoms with Crippen molar-refractivity contribution in [2.24, 2.45) is 0 Å². The maximum Gasteiger partial charge on any atom is 0.257 e. The summed E-state index contributed by atoms with van der Waals surface area (Å²) >= 11 is 0. The Morgan fingerprint density at radius 3 is 2.73 bits per heavy atom. The molecule has 0 aliphatic carbocycles. The van der Waals surface area contributed by atoms with E-state index in [4.69, 9.17) is 25.2 Å². The van der Waals surface area contributed by atoms with Crippen LogP contribution in [0, 0.1) is 0 Å². The van der Waals surface area contributed by atoms with E-state index in [2.05, 4.69) is 11.9 Å². The molecule has 0 spiro atoms. The topological polar surface area (TPSA) is 104 Å². The third-order valence-corrected chi connectivity index (χ3v) is 5.00. The molecule has 0 saturated heterocycles.